The van der Waals surface area contributed by atoms with Gasteiger partial charge in [-0.2, -0.15) is 0 Å². The number of hydrogen-bond donors (Lipinski definition) is 1. The van der Waals surface area contributed by atoms with Crippen LogP contribution in [0, 0.1) is 0 Å². The molecule has 0 rings (SSSR count). The third-order valence-corrected chi connectivity index (χ3v) is 3.22. The van der Waals surface area contributed by atoms with Crippen LogP contribution in [0.25, 0.3) is 0 Å². The molecule has 80 valence electrons. The van der Waals surface area contributed by atoms with Gasteiger partial charge in [0.15, 0.2) is 0 Å². The molecule has 0 amide bonds. The molecule has 2 atom stereocenters. The summed E-state index contributed by atoms with van der Waals surface area (Å²) < 4.78 is 20.2. The largest absolute Gasteiger partial charge is 0.475 e. The predicted octanol–water partition coefficient (Wildman–Crippen LogP) is 3.07. The van der Waals surface area contributed by atoms with Crippen molar-refractivity contribution in [2.75, 3.05) is 0 Å². The normalized spacial score (nSPS) is 20.7. The lowest BCUT2D eigenvalue weighted by Gasteiger charge is -2.16. The second-order valence-corrected chi connectivity index (χ2v) is 4.65. The van der Waals surface area contributed by atoms with E-state index in [4.69, 9.17) is 28.1 Å². The van der Waals surface area contributed by atoms with Crippen LogP contribution in [0.15, 0.2) is 0 Å². The van der Waals surface area contributed by atoms with Gasteiger partial charge in [-0.15, -0.1) is 0 Å². The first-order chi connectivity index (χ1) is 5.91. The Bertz CT molecular complexity index is 173. The molecule has 0 spiro atoms. The maximum atomic E-state index is 11.1. The number of phosphoric acid groups is 1. The average Bonchev–Trinajstić information content (AvgIpc) is 2.02. The topological polar surface area (TPSA) is 55.8 Å². The summed E-state index contributed by atoms with van der Waals surface area (Å²) in [5.41, 5.74) is -1.67. The van der Waals surface area contributed by atoms with Gasteiger partial charge in [0, 0.05) is 0 Å². The molecule has 0 bridgehead atoms. The highest BCUT2D eigenvalue weighted by atomic mass is 35.5. The SMILES string of the molecule is CCC(Cl)OP(=O)(O)OC(Cl)CC. The lowest BCUT2D eigenvalue weighted by molar-refractivity contribution is 0.123. The maximum Gasteiger partial charge on any atom is 0.475 e. The molecule has 0 aliphatic rings. The highest BCUT2D eigenvalue weighted by Gasteiger charge is 2.27. The van der Waals surface area contributed by atoms with Gasteiger partial charge in [0.25, 0.3) is 0 Å². The number of alkyl halides is 2. The molecule has 0 radical (unpaired) electrons. The van der Waals surface area contributed by atoms with E-state index in [1.807, 2.05) is 0 Å². The molecule has 0 aromatic rings. The van der Waals surface area contributed by atoms with Gasteiger partial charge in [0.2, 0.25) is 0 Å². The standard InChI is InChI=1S/C6H13Cl2O4P/c1-3-5(7)11-13(9,10)12-6(8)4-2/h5-6H,3-4H2,1-2H3,(H,9,10). The van der Waals surface area contributed by atoms with Gasteiger partial charge in [0.1, 0.15) is 11.1 Å². The molecule has 2 unspecified atom stereocenters. The fourth-order valence-corrected chi connectivity index (χ4v) is 1.99. The molecule has 0 saturated heterocycles. The van der Waals surface area contributed by atoms with Crippen LogP contribution in [0.2, 0.25) is 0 Å². The van der Waals surface area contributed by atoms with Gasteiger partial charge in [-0.25, -0.2) is 4.57 Å². The van der Waals surface area contributed by atoms with Crippen molar-refractivity contribution in [3.63, 3.8) is 0 Å². The molecule has 0 aromatic heterocycles. The zero-order valence-corrected chi connectivity index (χ0v) is 9.85. The minimum absolute atomic E-state index is 0.411. The van der Waals surface area contributed by atoms with Crippen LogP contribution < -0.4 is 0 Å². The molecule has 4 nitrogen and oxygen atoms in total. The number of phosphoric ester groups is 1. The molecule has 7 heteroatoms. The van der Waals surface area contributed by atoms with E-state index in [-0.39, 0.29) is 0 Å². The lowest BCUT2D eigenvalue weighted by atomic mass is 10.5. The number of halogens is 2. The van der Waals surface area contributed by atoms with Crippen LogP contribution in [0.1, 0.15) is 26.7 Å². The van der Waals surface area contributed by atoms with Crippen molar-refractivity contribution >= 4 is 31.0 Å². The monoisotopic (exact) mass is 250 g/mol. The Kier molecular flexibility index (Phi) is 6.56. The molecule has 0 aromatic carbocycles. The van der Waals surface area contributed by atoms with Gasteiger partial charge in [-0.1, -0.05) is 37.0 Å². The van der Waals surface area contributed by atoms with Crippen LogP contribution in [-0.2, 0) is 13.6 Å². The van der Waals surface area contributed by atoms with E-state index in [1.165, 1.54) is 0 Å². The molecule has 0 saturated carbocycles. The smallest absolute Gasteiger partial charge is 0.302 e. The summed E-state index contributed by atoms with van der Waals surface area (Å²) in [6.45, 7) is 3.44. The molecular weight excluding hydrogens is 238 g/mol. The summed E-state index contributed by atoms with van der Waals surface area (Å²) in [5, 5.41) is 0. The van der Waals surface area contributed by atoms with Gasteiger partial charge >= 0.3 is 7.82 Å². The van der Waals surface area contributed by atoms with Crippen molar-refractivity contribution in [3.8, 4) is 0 Å². The first-order valence-corrected chi connectivity index (χ1v) is 6.25. The third kappa shape index (κ3) is 6.72. The van der Waals surface area contributed by atoms with E-state index in [1.54, 1.807) is 13.8 Å². The Morgan fingerprint density at radius 3 is 1.77 bits per heavy atom. The van der Waals surface area contributed by atoms with E-state index in [9.17, 15) is 4.57 Å². The molecular formula is C6H13Cl2O4P. The van der Waals surface area contributed by atoms with E-state index < -0.39 is 18.9 Å². The van der Waals surface area contributed by atoms with Crippen molar-refractivity contribution in [1.82, 2.24) is 0 Å². The quantitative estimate of drug-likeness (QED) is 0.582. The summed E-state index contributed by atoms with van der Waals surface area (Å²) >= 11 is 11.0. The predicted molar refractivity (Wildman–Crippen MR) is 51.9 cm³/mol. The molecule has 0 fully saturated rings. The fraction of sp³-hybridized carbons (Fsp3) is 1.00. The minimum Gasteiger partial charge on any atom is -0.302 e. The highest BCUT2D eigenvalue weighted by Crippen LogP contribution is 2.47. The van der Waals surface area contributed by atoms with E-state index in [0.29, 0.717) is 12.8 Å². The third-order valence-electron chi connectivity index (χ3n) is 1.14. The zero-order valence-electron chi connectivity index (χ0n) is 7.44. The summed E-state index contributed by atoms with van der Waals surface area (Å²) in [6, 6.07) is 0. The van der Waals surface area contributed by atoms with Crippen LogP contribution in [0.4, 0.5) is 0 Å². The van der Waals surface area contributed by atoms with Crippen LogP contribution in [0.5, 0.6) is 0 Å². The van der Waals surface area contributed by atoms with E-state index >= 15 is 0 Å². The maximum absolute atomic E-state index is 11.1. The van der Waals surface area contributed by atoms with Crippen LogP contribution in [-0.4, -0.2) is 16.0 Å². The van der Waals surface area contributed by atoms with Crippen molar-refractivity contribution < 1.29 is 18.5 Å². The first-order valence-electron chi connectivity index (χ1n) is 3.89. The van der Waals surface area contributed by atoms with Gasteiger partial charge in [0.05, 0.1) is 0 Å². The summed E-state index contributed by atoms with van der Waals surface area (Å²) in [7, 11) is -4.10. The van der Waals surface area contributed by atoms with Crippen LogP contribution in [0.3, 0.4) is 0 Å². The average molecular weight is 251 g/mol. The van der Waals surface area contributed by atoms with Gasteiger partial charge < -0.3 is 4.89 Å². The molecule has 0 aliphatic heterocycles. The second kappa shape index (κ2) is 6.23. The van der Waals surface area contributed by atoms with Crippen LogP contribution >= 0.6 is 31.0 Å². The molecule has 13 heavy (non-hydrogen) atoms. The number of hydrogen-bond acceptors (Lipinski definition) is 3. The van der Waals surface area contributed by atoms with E-state index in [2.05, 4.69) is 9.05 Å². The molecule has 1 N–H and O–H groups in total. The van der Waals surface area contributed by atoms with E-state index in [0.717, 1.165) is 0 Å². The minimum atomic E-state index is -4.10. The van der Waals surface area contributed by atoms with Crippen molar-refractivity contribution in [2.45, 2.75) is 37.8 Å². The molecule has 0 heterocycles. The second-order valence-electron chi connectivity index (χ2n) is 2.32. The lowest BCUT2D eigenvalue weighted by Crippen LogP contribution is -2.07. The highest BCUT2D eigenvalue weighted by molar-refractivity contribution is 7.47. The van der Waals surface area contributed by atoms with Crippen molar-refractivity contribution in [3.05, 3.63) is 0 Å². The Labute approximate surface area is 87.7 Å². The van der Waals surface area contributed by atoms with Gasteiger partial charge in [-0.05, 0) is 12.8 Å². The zero-order chi connectivity index (χ0) is 10.5. The fourth-order valence-electron chi connectivity index (χ4n) is 0.463. The first kappa shape index (κ1) is 13.7. The summed E-state index contributed by atoms with van der Waals surface area (Å²) in [6.07, 6.45) is 0.823. The van der Waals surface area contributed by atoms with Crippen molar-refractivity contribution in [1.29, 1.82) is 0 Å². The molecule has 0 aliphatic carbocycles. The van der Waals surface area contributed by atoms with Gasteiger partial charge in [-0.3, -0.25) is 9.05 Å². The Morgan fingerprint density at radius 1 is 1.23 bits per heavy atom. The number of rotatable bonds is 6. The Balaban J connectivity index is 4.00. The summed E-state index contributed by atoms with van der Waals surface area (Å²) in [5.74, 6) is 0. The Morgan fingerprint density at radius 2 is 1.54 bits per heavy atom. The Hall–Kier alpha value is 0.690. The summed E-state index contributed by atoms with van der Waals surface area (Å²) in [4.78, 5) is 9.06. The van der Waals surface area contributed by atoms with Crippen molar-refractivity contribution in [2.24, 2.45) is 0 Å².